The Bertz CT molecular complexity index is 1030. The fourth-order valence-corrected chi connectivity index (χ4v) is 4.20. The summed E-state index contributed by atoms with van der Waals surface area (Å²) in [5.41, 5.74) is 0.0999. The minimum absolute atomic E-state index is 0.0999. The van der Waals surface area contributed by atoms with Crippen molar-refractivity contribution in [1.82, 2.24) is 14.5 Å². The predicted molar refractivity (Wildman–Crippen MR) is 108 cm³/mol. The van der Waals surface area contributed by atoms with Crippen LogP contribution in [0.15, 0.2) is 76.5 Å². The fraction of sp³-hybridized carbons (Fsp3) is 0.190. The van der Waals surface area contributed by atoms with E-state index in [0.717, 1.165) is 4.88 Å². The molecule has 0 aromatic carbocycles. The standard InChI is InChI=1S/C21H19N3O4S/c25-16(7-6-15-4-1-12-28-15)18-19(17-5-2-13-29-17)24(21(27)20(18)26)10-3-9-23-11-8-22-14-23/h1-2,4-8,11-14,19,26H,3,9-10H2/b7-6+. The number of nitrogens with zero attached hydrogens (tertiary/aromatic N) is 3. The van der Waals surface area contributed by atoms with Gasteiger partial charge in [0.05, 0.1) is 24.2 Å². The molecule has 1 aliphatic heterocycles. The number of ketones is 1. The number of hydrogen-bond acceptors (Lipinski definition) is 6. The SMILES string of the molecule is O=C(/C=C/c1ccco1)C1=C(O)C(=O)N(CCCn2ccnc2)C1c1cccs1. The molecule has 3 aromatic heterocycles. The first-order chi connectivity index (χ1) is 14.1. The molecular formula is C21H19N3O4S. The van der Waals surface area contributed by atoms with Gasteiger partial charge in [-0.3, -0.25) is 9.59 Å². The molecule has 8 heteroatoms. The largest absolute Gasteiger partial charge is 0.503 e. The van der Waals surface area contributed by atoms with Crippen molar-refractivity contribution in [1.29, 1.82) is 0 Å². The highest BCUT2D eigenvalue weighted by molar-refractivity contribution is 7.10. The summed E-state index contributed by atoms with van der Waals surface area (Å²) in [5.74, 6) is -0.903. The Hall–Kier alpha value is -3.39. The summed E-state index contributed by atoms with van der Waals surface area (Å²) in [4.78, 5) is 32.0. The van der Waals surface area contributed by atoms with Crippen LogP contribution in [0.4, 0.5) is 0 Å². The summed E-state index contributed by atoms with van der Waals surface area (Å²) >= 11 is 1.45. The number of rotatable bonds is 8. The lowest BCUT2D eigenvalue weighted by molar-refractivity contribution is -0.129. The summed E-state index contributed by atoms with van der Waals surface area (Å²) < 4.78 is 7.13. The first-order valence-corrected chi connectivity index (χ1v) is 10.0. The van der Waals surface area contributed by atoms with Crippen molar-refractivity contribution < 1.29 is 19.1 Å². The average molecular weight is 409 g/mol. The second kappa shape index (κ2) is 8.32. The first-order valence-electron chi connectivity index (χ1n) is 9.14. The lowest BCUT2D eigenvalue weighted by atomic mass is 10.0. The summed E-state index contributed by atoms with van der Waals surface area (Å²) in [6, 6.07) is 6.57. The molecule has 148 valence electrons. The van der Waals surface area contributed by atoms with Crippen molar-refractivity contribution in [2.24, 2.45) is 0 Å². The molecule has 0 saturated heterocycles. The molecule has 4 heterocycles. The molecule has 1 N–H and O–H groups in total. The Kier molecular flexibility index (Phi) is 5.44. The summed E-state index contributed by atoms with van der Waals surface area (Å²) in [6.45, 7) is 1.09. The molecule has 0 aliphatic carbocycles. The average Bonchev–Trinajstić information content (AvgIpc) is 3.51. The first kappa shape index (κ1) is 18.9. The Labute approximate surface area is 171 Å². The minimum Gasteiger partial charge on any atom is -0.503 e. The van der Waals surface area contributed by atoms with Gasteiger partial charge in [0.2, 0.25) is 0 Å². The number of aliphatic hydroxyl groups is 1. The molecule has 29 heavy (non-hydrogen) atoms. The van der Waals surface area contributed by atoms with E-state index in [-0.39, 0.29) is 5.57 Å². The number of amides is 1. The summed E-state index contributed by atoms with van der Waals surface area (Å²) in [7, 11) is 0. The lowest BCUT2D eigenvalue weighted by Gasteiger charge is -2.25. The number of imidazole rings is 1. The van der Waals surface area contributed by atoms with Gasteiger partial charge in [-0.15, -0.1) is 11.3 Å². The zero-order valence-corrected chi connectivity index (χ0v) is 16.3. The molecule has 1 atom stereocenters. The number of allylic oxidation sites excluding steroid dienone is 1. The topological polar surface area (TPSA) is 88.6 Å². The molecule has 3 aromatic rings. The second-order valence-corrected chi connectivity index (χ2v) is 7.53. The highest BCUT2D eigenvalue weighted by Crippen LogP contribution is 2.39. The van der Waals surface area contributed by atoms with E-state index in [1.807, 2.05) is 28.3 Å². The van der Waals surface area contributed by atoms with E-state index in [2.05, 4.69) is 4.98 Å². The van der Waals surface area contributed by atoms with Crippen LogP contribution < -0.4 is 0 Å². The Morgan fingerprint density at radius 2 is 2.21 bits per heavy atom. The molecule has 0 fully saturated rings. The number of hydrogen-bond donors (Lipinski definition) is 1. The maximum Gasteiger partial charge on any atom is 0.290 e. The molecule has 0 radical (unpaired) electrons. The molecule has 4 rings (SSSR count). The van der Waals surface area contributed by atoms with Crippen molar-refractivity contribution in [3.05, 3.63) is 82.7 Å². The number of thiophene rings is 1. The highest BCUT2D eigenvalue weighted by atomic mass is 32.1. The van der Waals surface area contributed by atoms with Crippen molar-refractivity contribution in [3.63, 3.8) is 0 Å². The van der Waals surface area contributed by atoms with Gasteiger partial charge in [-0.2, -0.15) is 0 Å². The van der Waals surface area contributed by atoms with E-state index >= 15 is 0 Å². The van der Waals surface area contributed by atoms with Gasteiger partial charge >= 0.3 is 0 Å². The van der Waals surface area contributed by atoms with Crippen LogP contribution in [0.25, 0.3) is 6.08 Å². The van der Waals surface area contributed by atoms with Gasteiger partial charge in [0, 0.05) is 30.4 Å². The van der Waals surface area contributed by atoms with Gasteiger partial charge in [0.25, 0.3) is 5.91 Å². The van der Waals surface area contributed by atoms with Crippen LogP contribution in [0.1, 0.15) is 23.1 Å². The third kappa shape index (κ3) is 3.93. The van der Waals surface area contributed by atoms with Gasteiger partial charge in [0.15, 0.2) is 11.5 Å². The Morgan fingerprint density at radius 1 is 1.31 bits per heavy atom. The van der Waals surface area contributed by atoms with Gasteiger partial charge in [-0.05, 0) is 42.2 Å². The van der Waals surface area contributed by atoms with E-state index < -0.39 is 23.5 Å². The molecule has 1 unspecified atom stereocenters. The molecular weight excluding hydrogens is 390 g/mol. The third-order valence-electron chi connectivity index (χ3n) is 4.70. The number of aliphatic hydroxyl groups excluding tert-OH is 1. The van der Waals surface area contributed by atoms with E-state index in [1.54, 1.807) is 29.6 Å². The van der Waals surface area contributed by atoms with E-state index in [1.165, 1.54) is 29.8 Å². The Balaban J connectivity index is 1.57. The number of carbonyl (C=O) groups is 2. The van der Waals surface area contributed by atoms with Crippen molar-refractivity contribution >= 4 is 29.1 Å². The zero-order valence-electron chi connectivity index (χ0n) is 15.5. The van der Waals surface area contributed by atoms with E-state index in [9.17, 15) is 14.7 Å². The van der Waals surface area contributed by atoms with Gasteiger partial charge < -0.3 is 19.0 Å². The molecule has 0 spiro atoms. The van der Waals surface area contributed by atoms with Crippen LogP contribution in [-0.4, -0.2) is 37.8 Å². The molecule has 1 amide bonds. The Morgan fingerprint density at radius 3 is 2.90 bits per heavy atom. The number of aryl methyl sites for hydroxylation is 1. The zero-order chi connectivity index (χ0) is 20.2. The van der Waals surface area contributed by atoms with Crippen molar-refractivity contribution in [2.45, 2.75) is 19.0 Å². The number of furan rings is 1. The van der Waals surface area contributed by atoms with E-state index in [0.29, 0.717) is 25.3 Å². The number of carbonyl (C=O) groups excluding carboxylic acids is 2. The highest BCUT2D eigenvalue weighted by Gasteiger charge is 2.43. The maximum absolute atomic E-state index is 12.9. The monoisotopic (exact) mass is 409 g/mol. The minimum atomic E-state index is -0.598. The van der Waals surface area contributed by atoms with Crippen LogP contribution >= 0.6 is 11.3 Å². The van der Waals surface area contributed by atoms with Crippen LogP contribution in [0.5, 0.6) is 0 Å². The van der Waals surface area contributed by atoms with Gasteiger partial charge in [-0.25, -0.2) is 4.98 Å². The van der Waals surface area contributed by atoms with Crippen LogP contribution in [0, 0.1) is 0 Å². The van der Waals surface area contributed by atoms with Crippen LogP contribution in [0.2, 0.25) is 0 Å². The predicted octanol–water partition coefficient (Wildman–Crippen LogP) is 3.61. The van der Waals surface area contributed by atoms with Gasteiger partial charge in [0.1, 0.15) is 5.76 Å². The lowest BCUT2D eigenvalue weighted by Crippen LogP contribution is -2.32. The second-order valence-electron chi connectivity index (χ2n) is 6.55. The molecule has 1 aliphatic rings. The molecule has 7 nitrogen and oxygen atoms in total. The normalized spacial score (nSPS) is 17.0. The molecule has 0 saturated carbocycles. The fourth-order valence-electron chi connectivity index (χ4n) is 3.35. The summed E-state index contributed by atoms with van der Waals surface area (Å²) in [5, 5.41) is 12.4. The van der Waals surface area contributed by atoms with Crippen LogP contribution in [0.3, 0.4) is 0 Å². The van der Waals surface area contributed by atoms with E-state index in [4.69, 9.17) is 4.42 Å². The quantitative estimate of drug-likeness (QED) is 0.574. The smallest absolute Gasteiger partial charge is 0.290 e. The maximum atomic E-state index is 12.9. The third-order valence-corrected chi connectivity index (χ3v) is 5.62. The van der Waals surface area contributed by atoms with Crippen molar-refractivity contribution in [3.8, 4) is 0 Å². The van der Waals surface area contributed by atoms with Crippen molar-refractivity contribution in [2.75, 3.05) is 6.54 Å². The molecule has 0 bridgehead atoms. The van der Waals surface area contributed by atoms with Gasteiger partial charge in [-0.1, -0.05) is 6.07 Å². The number of aromatic nitrogens is 2. The summed E-state index contributed by atoms with van der Waals surface area (Å²) in [6.07, 6.45) is 10.3. The van der Waals surface area contributed by atoms with Crippen LogP contribution in [-0.2, 0) is 16.1 Å².